The molecule has 2 heterocycles. The first-order valence-electron chi connectivity index (χ1n) is 6.55. The van der Waals surface area contributed by atoms with Crippen LogP contribution in [0.3, 0.4) is 0 Å². The van der Waals surface area contributed by atoms with Gasteiger partial charge >= 0.3 is 0 Å². The van der Waals surface area contributed by atoms with Crippen molar-refractivity contribution in [3.63, 3.8) is 0 Å². The Morgan fingerprint density at radius 3 is 2.47 bits per heavy atom. The molecule has 2 nitrogen and oxygen atoms in total. The van der Waals surface area contributed by atoms with E-state index in [9.17, 15) is 0 Å². The van der Waals surface area contributed by atoms with Gasteiger partial charge in [-0.25, -0.2) is 4.98 Å². The zero-order valence-electron chi connectivity index (χ0n) is 10.7. The van der Waals surface area contributed by atoms with Gasteiger partial charge in [0.1, 0.15) is 5.82 Å². The van der Waals surface area contributed by atoms with Crippen LogP contribution >= 0.6 is 15.9 Å². The second kappa shape index (κ2) is 5.38. The van der Waals surface area contributed by atoms with Crippen LogP contribution < -0.4 is 4.90 Å². The molecule has 1 fully saturated rings. The van der Waals surface area contributed by atoms with Crippen molar-refractivity contribution in [2.24, 2.45) is 5.41 Å². The van der Waals surface area contributed by atoms with Crippen LogP contribution in [0.25, 0.3) is 0 Å². The molecule has 94 valence electrons. The second-order valence-electron chi connectivity index (χ2n) is 5.19. The molecule has 2 rings (SSSR count). The van der Waals surface area contributed by atoms with E-state index in [4.69, 9.17) is 0 Å². The molecule has 0 aromatic carbocycles. The Balaban J connectivity index is 2.00. The van der Waals surface area contributed by atoms with E-state index in [1.807, 2.05) is 12.3 Å². The molecule has 0 atom stereocenters. The third-order valence-electron chi connectivity index (χ3n) is 3.64. The van der Waals surface area contributed by atoms with Gasteiger partial charge < -0.3 is 4.90 Å². The smallest absolute Gasteiger partial charge is 0.129 e. The summed E-state index contributed by atoms with van der Waals surface area (Å²) in [6, 6.07) is 4.09. The van der Waals surface area contributed by atoms with Gasteiger partial charge in [0.25, 0.3) is 0 Å². The Kier molecular flexibility index (Phi) is 4.08. The van der Waals surface area contributed by atoms with Gasteiger partial charge in [0.05, 0.1) is 0 Å². The van der Waals surface area contributed by atoms with Gasteiger partial charge in [-0.1, -0.05) is 42.6 Å². The van der Waals surface area contributed by atoms with E-state index in [2.05, 4.69) is 45.7 Å². The first-order valence-corrected chi connectivity index (χ1v) is 7.35. The van der Waals surface area contributed by atoms with Crippen molar-refractivity contribution in [2.45, 2.75) is 39.5 Å². The standard InChI is InChI=1S/C14H21BrN2/c1-3-6-14(7-4-2)10-17(11-14)13-9-12(15)5-8-16-13/h5,8-9H,3-4,6-7,10-11H2,1-2H3. The summed E-state index contributed by atoms with van der Waals surface area (Å²) >= 11 is 3.51. The van der Waals surface area contributed by atoms with Gasteiger partial charge in [0.15, 0.2) is 0 Å². The summed E-state index contributed by atoms with van der Waals surface area (Å²) in [5.74, 6) is 1.11. The first kappa shape index (κ1) is 12.9. The highest BCUT2D eigenvalue weighted by atomic mass is 79.9. The minimum absolute atomic E-state index is 0.563. The van der Waals surface area contributed by atoms with Gasteiger partial charge in [0, 0.05) is 29.2 Å². The number of pyridine rings is 1. The van der Waals surface area contributed by atoms with Gasteiger partial charge in [0.2, 0.25) is 0 Å². The Labute approximate surface area is 113 Å². The van der Waals surface area contributed by atoms with Crippen molar-refractivity contribution in [1.82, 2.24) is 4.98 Å². The lowest BCUT2D eigenvalue weighted by Gasteiger charge is -2.51. The molecule has 0 spiro atoms. The zero-order valence-corrected chi connectivity index (χ0v) is 12.3. The van der Waals surface area contributed by atoms with E-state index >= 15 is 0 Å². The van der Waals surface area contributed by atoms with Crippen LogP contribution in [0.15, 0.2) is 22.8 Å². The number of rotatable bonds is 5. The van der Waals surface area contributed by atoms with Crippen LogP contribution in [0.4, 0.5) is 5.82 Å². The van der Waals surface area contributed by atoms with Crippen LogP contribution in [0.1, 0.15) is 39.5 Å². The Morgan fingerprint density at radius 2 is 1.94 bits per heavy atom. The van der Waals surface area contributed by atoms with Crippen LogP contribution in [0.2, 0.25) is 0 Å². The summed E-state index contributed by atoms with van der Waals surface area (Å²) in [5.41, 5.74) is 0.563. The average Bonchev–Trinajstić information content (AvgIpc) is 2.25. The fourth-order valence-electron chi connectivity index (χ4n) is 2.99. The van der Waals surface area contributed by atoms with Crippen LogP contribution in [-0.4, -0.2) is 18.1 Å². The molecular formula is C14H21BrN2. The van der Waals surface area contributed by atoms with E-state index < -0.39 is 0 Å². The Hall–Kier alpha value is -0.570. The molecule has 0 amide bonds. The zero-order chi connectivity index (χ0) is 12.3. The molecule has 1 aliphatic rings. The van der Waals surface area contributed by atoms with Crippen molar-refractivity contribution in [2.75, 3.05) is 18.0 Å². The molecule has 0 saturated carbocycles. The Bertz CT molecular complexity index is 364. The van der Waals surface area contributed by atoms with E-state index in [0.717, 1.165) is 10.3 Å². The summed E-state index contributed by atoms with van der Waals surface area (Å²) in [5, 5.41) is 0. The van der Waals surface area contributed by atoms with Crippen LogP contribution in [0.5, 0.6) is 0 Å². The first-order chi connectivity index (χ1) is 8.19. The molecule has 0 bridgehead atoms. The number of anilines is 1. The third kappa shape index (κ3) is 2.82. The predicted octanol–water partition coefficient (Wildman–Crippen LogP) is 4.25. The average molecular weight is 297 g/mol. The Morgan fingerprint density at radius 1 is 1.29 bits per heavy atom. The lowest BCUT2D eigenvalue weighted by molar-refractivity contribution is 0.172. The van der Waals surface area contributed by atoms with Gasteiger partial charge in [-0.2, -0.15) is 0 Å². The maximum atomic E-state index is 4.44. The molecule has 0 aliphatic carbocycles. The van der Waals surface area contributed by atoms with Crippen molar-refractivity contribution in [1.29, 1.82) is 0 Å². The third-order valence-corrected chi connectivity index (χ3v) is 4.14. The topological polar surface area (TPSA) is 16.1 Å². The van der Waals surface area contributed by atoms with Crippen molar-refractivity contribution >= 4 is 21.7 Å². The largest absolute Gasteiger partial charge is 0.355 e. The molecular weight excluding hydrogens is 276 g/mol. The quantitative estimate of drug-likeness (QED) is 0.807. The SMILES string of the molecule is CCCC1(CCC)CN(c2cc(Br)ccn2)C1. The van der Waals surface area contributed by atoms with E-state index in [-0.39, 0.29) is 0 Å². The number of nitrogens with zero attached hydrogens (tertiary/aromatic N) is 2. The fourth-order valence-corrected chi connectivity index (χ4v) is 3.32. The molecule has 0 radical (unpaired) electrons. The normalized spacial score (nSPS) is 17.9. The van der Waals surface area contributed by atoms with E-state index in [1.165, 1.54) is 38.8 Å². The summed E-state index contributed by atoms with van der Waals surface area (Å²) in [7, 11) is 0. The van der Waals surface area contributed by atoms with Crippen LogP contribution in [0, 0.1) is 5.41 Å². The molecule has 1 aromatic heterocycles. The number of halogens is 1. The second-order valence-corrected chi connectivity index (χ2v) is 6.10. The summed E-state index contributed by atoms with van der Waals surface area (Å²) in [4.78, 5) is 6.84. The van der Waals surface area contributed by atoms with E-state index in [1.54, 1.807) is 0 Å². The summed E-state index contributed by atoms with van der Waals surface area (Å²) < 4.78 is 1.12. The van der Waals surface area contributed by atoms with Crippen molar-refractivity contribution in [3.8, 4) is 0 Å². The molecule has 1 saturated heterocycles. The molecule has 1 aromatic rings. The monoisotopic (exact) mass is 296 g/mol. The molecule has 1 aliphatic heterocycles. The summed E-state index contributed by atoms with van der Waals surface area (Å²) in [6.07, 6.45) is 7.16. The highest BCUT2D eigenvalue weighted by Gasteiger charge is 2.41. The molecule has 17 heavy (non-hydrogen) atoms. The minimum Gasteiger partial charge on any atom is -0.355 e. The molecule has 3 heteroatoms. The fraction of sp³-hybridized carbons (Fsp3) is 0.643. The molecule has 0 N–H and O–H groups in total. The minimum atomic E-state index is 0.563. The lowest BCUT2D eigenvalue weighted by Crippen LogP contribution is -2.56. The van der Waals surface area contributed by atoms with Gasteiger partial charge in [-0.05, 0) is 25.0 Å². The molecule has 0 unspecified atom stereocenters. The van der Waals surface area contributed by atoms with Gasteiger partial charge in [-0.3, -0.25) is 0 Å². The number of hydrogen-bond acceptors (Lipinski definition) is 2. The lowest BCUT2D eigenvalue weighted by atomic mass is 9.72. The van der Waals surface area contributed by atoms with Crippen LogP contribution in [-0.2, 0) is 0 Å². The van der Waals surface area contributed by atoms with Gasteiger partial charge in [-0.15, -0.1) is 0 Å². The van der Waals surface area contributed by atoms with Crippen molar-refractivity contribution < 1.29 is 0 Å². The number of aromatic nitrogens is 1. The maximum Gasteiger partial charge on any atom is 0.129 e. The highest BCUT2D eigenvalue weighted by molar-refractivity contribution is 9.10. The number of hydrogen-bond donors (Lipinski definition) is 0. The predicted molar refractivity (Wildman–Crippen MR) is 76.4 cm³/mol. The van der Waals surface area contributed by atoms with Crippen molar-refractivity contribution in [3.05, 3.63) is 22.8 Å². The summed E-state index contributed by atoms with van der Waals surface area (Å²) in [6.45, 7) is 6.94. The van der Waals surface area contributed by atoms with E-state index in [0.29, 0.717) is 5.41 Å². The maximum absolute atomic E-state index is 4.44. The highest BCUT2D eigenvalue weighted by Crippen LogP contribution is 2.41.